The first-order valence-electron chi connectivity index (χ1n) is 5.87. The van der Waals surface area contributed by atoms with Gasteiger partial charge in [0.25, 0.3) is 0 Å². The lowest BCUT2D eigenvalue weighted by atomic mass is 10.1. The molecule has 0 fully saturated rings. The van der Waals surface area contributed by atoms with Crippen molar-refractivity contribution in [2.24, 2.45) is 7.05 Å². The SMILES string of the molecule is Cn1ncnc1S(=O)(=O)C1CCc2c(Cl)cccc21. The van der Waals surface area contributed by atoms with Crippen LogP contribution in [-0.2, 0) is 23.3 Å². The van der Waals surface area contributed by atoms with Crippen LogP contribution in [0.1, 0.15) is 22.8 Å². The minimum Gasteiger partial charge on any atom is -0.240 e. The zero-order valence-electron chi connectivity index (χ0n) is 10.2. The highest BCUT2D eigenvalue weighted by Crippen LogP contribution is 2.42. The first-order chi connectivity index (χ1) is 9.01. The molecule has 0 radical (unpaired) electrons. The first-order valence-corrected chi connectivity index (χ1v) is 7.79. The number of hydrogen-bond acceptors (Lipinski definition) is 4. The molecule has 3 rings (SSSR count). The molecule has 1 aromatic heterocycles. The van der Waals surface area contributed by atoms with Crippen LogP contribution in [0.4, 0.5) is 0 Å². The monoisotopic (exact) mass is 297 g/mol. The Bertz CT molecular complexity index is 739. The van der Waals surface area contributed by atoms with Crippen LogP contribution in [-0.4, -0.2) is 23.2 Å². The fourth-order valence-electron chi connectivity index (χ4n) is 2.56. The van der Waals surface area contributed by atoms with Crippen LogP contribution < -0.4 is 0 Å². The number of nitrogens with zero attached hydrogens (tertiary/aromatic N) is 3. The molecule has 0 amide bonds. The second-order valence-electron chi connectivity index (χ2n) is 4.55. The maximum absolute atomic E-state index is 12.6. The number of benzene rings is 1. The first kappa shape index (κ1) is 12.6. The Morgan fingerprint density at radius 1 is 1.42 bits per heavy atom. The summed E-state index contributed by atoms with van der Waals surface area (Å²) in [6.45, 7) is 0. The van der Waals surface area contributed by atoms with Crippen molar-refractivity contribution in [2.45, 2.75) is 23.2 Å². The van der Waals surface area contributed by atoms with E-state index in [1.54, 1.807) is 19.2 Å². The second kappa shape index (κ2) is 4.31. The van der Waals surface area contributed by atoms with E-state index in [9.17, 15) is 8.42 Å². The number of aryl methyl sites for hydroxylation is 1. The lowest BCUT2D eigenvalue weighted by Gasteiger charge is -2.12. The van der Waals surface area contributed by atoms with Crippen LogP contribution in [0.25, 0.3) is 0 Å². The van der Waals surface area contributed by atoms with Crippen LogP contribution >= 0.6 is 11.6 Å². The zero-order chi connectivity index (χ0) is 13.6. The summed E-state index contributed by atoms with van der Waals surface area (Å²) >= 11 is 6.11. The highest BCUT2D eigenvalue weighted by Gasteiger charge is 2.37. The maximum atomic E-state index is 12.6. The highest BCUT2D eigenvalue weighted by molar-refractivity contribution is 7.91. The Balaban J connectivity index is 2.12. The van der Waals surface area contributed by atoms with E-state index in [4.69, 9.17) is 11.6 Å². The van der Waals surface area contributed by atoms with Gasteiger partial charge in [0, 0.05) is 12.1 Å². The number of sulfone groups is 1. The molecule has 0 bridgehead atoms. The minimum atomic E-state index is -3.53. The van der Waals surface area contributed by atoms with E-state index >= 15 is 0 Å². The van der Waals surface area contributed by atoms with Gasteiger partial charge in [0.05, 0.1) is 5.25 Å². The molecule has 0 N–H and O–H groups in total. The van der Waals surface area contributed by atoms with E-state index in [0.29, 0.717) is 17.9 Å². The molecule has 1 aliphatic rings. The summed E-state index contributed by atoms with van der Waals surface area (Å²) in [5.74, 6) is 0. The Labute approximate surface area is 116 Å². The fraction of sp³-hybridized carbons (Fsp3) is 0.333. The smallest absolute Gasteiger partial charge is 0.240 e. The molecule has 2 aromatic rings. The molecular weight excluding hydrogens is 286 g/mol. The topological polar surface area (TPSA) is 64.8 Å². The van der Waals surface area contributed by atoms with Gasteiger partial charge >= 0.3 is 0 Å². The van der Waals surface area contributed by atoms with Gasteiger partial charge in [-0.2, -0.15) is 5.10 Å². The van der Waals surface area contributed by atoms with Crippen molar-refractivity contribution in [1.29, 1.82) is 0 Å². The predicted octanol–water partition coefficient (Wildman–Crippen LogP) is 1.93. The zero-order valence-corrected chi connectivity index (χ0v) is 11.8. The molecule has 1 aromatic carbocycles. The Morgan fingerprint density at radius 2 is 2.21 bits per heavy atom. The molecular formula is C12H12ClN3O2S. The fourth-order valence-corrected chi connectivity index (χ4v) is 4.69. The van der Waals surface area contributed by atoms with Crippen LogP contribution in [0.3, 0.4) is 0 Å². The van der Waals surface area contributed by atoms with E-state index in [1.165, 1.54) is 11.0 Å². The van der Waals surface area contributed by atoms with E-state index in [1.807, 2.05) is 6.07 Å². The molecule has 1 unspecified atom stereocenters. The lowest BCUT2D eigenvalue weighted by molar-refractivity contribution is 0.555. The van der Waals surface area contributed by atoms with E-state index in [-0.39, 0.29) is 5.16 Å². The van der Waals surface area contributed by atoms with E-state index in [0.717, 1.165) is 11.1 Å². The molecule has 5 nitrogen and oxygen atoms in total. The van der Waals surface area contributed by atoms with Gasteiger partial charge < -0.3 is 0 Å². The van der Waals surface area contributed by atoms with Crippen molar-refractivity contribution < 1.29 is 8.42 Å². The maximum Gasteiger partial charge on any atom is 0.245 e. The third-order valence-electron chi connectivity index (χ3n) is 3.46. The van der Waals surface area contributed by atoms with Crippen LogP contribution in [0.2, 0.25) is 5.02 Å². The molecule has 1 atom stereocenters. The quantitative estimate of drug-likeness (QED) is 0.849. The number of fused-ring (bicyclic) bond motifs is 1. The number of hydrogen-bond donors (Lipinski definition) is 0. The molecule has 100 valence electrons. The second-order valence-corrected chi connectivity index (χ2v) is 6.98. The van der Waals surface area contributed by atoms with Crippen molar-refractivity contribution in [3.8, 4) is 0 Å². The molecule has 1 aliphatic carbocycles. The molecule has 0 saturated carbocycles. The summed E-state index contributed by atoms with van der Waals surface area (Å²) in [6.07, 6.45) is 2.46. The van der Waals surface area contributed by atoms with Crippen molar-refractivity contribution in [1.82, 2.24) is 14.8 Å². The van der Waals surface area contributed by atoms with Gasteiger partial charge in [-0.3, -0.25) is 0 Å². The Hall–Kier alpha value is -1.40. The van der Waals surface area contributed by atoms with Gasteiger partial charge in [-0.05, 0) is 30.0 Å². The molecule has 0 aliphatic heterocycles. The molecule has 0 spiro atoms. The van der Waals surface area contributed by atoms with Crippen molar-refractivity contribution >= 4 is 21.4 Å². The summed E-state index contributed by atoms with van der Waals surface area (Å²) in [7, 11) is -1.95. The highest BCUT2D eigenvalue weighted by atomic mass is 35.5. The van der Waals surface area contributed by atoms with Crippen LogP contribution in [0, 0.1) is 0 Å². The van der Waals surface area contributed by atoms with E-state index < -0.39 is 15.1 Å². The summed E-state index contributed by atoms with van der Waals surface area (Å²) in [4.78, 5) is 3.86. The lowest BCUT2D eigenvalue weighted by Crippen LogP contribution is -2.16. The average Bonchev–Trinajstić information content (AvgIpc) is 2.96. The minimum absolute atomic E-state index is 0.00493. The third kappa shape index (κ3) is 1.86. The summed E-state index contributed by atoms with van der Waals surface area (Å²) in [5, 5.41) is 3.89. The molecule has 0 saturated heterocycles. The third-order valence-corrected chi connectivity index (χ3v) is 5.93. The van der Waals surface area contributed by atoms with E-state index in [2.05, 4.69) is 10.1 Å². The Kier molecular flexibility index (Phi) is 2.87. The molecule has 1 heterocycles. The van der Waals surface area contributed by atoms with Gasteiger partial charge in [0.2, 0.25) is 15.0 Å². The van der Waals surface area contributed by atoms with Crippen molar-refractivity contribution in [3.05, 3.63) is 40.7 Å². The average molecular weight is 298 g/mol. The normalized spacial score (nSPS) is 18.5. The summed E-state index contributed by atoms with van der Waals surface area (Å²) < 4.78 is 26.5. The molecule has 7 heteroatoms. The predicted molar refractivity (Wildman–Crippen MR) is 70.7 cm³/mol. The summed E-state index contributed by atoms with van der Waals surface area (Å²) in [5.41, 5.74) is 1.72. The number of rotatable bonds is 2. The van der Waals surface area contributed by atoms with Crippen molar-refractivity contribution in [2.75, 3.05) is 0 Å². The van der Waals surface area contributed by atoms with Gasteiger partial charge in [-0.25, -0.2) is 18.1 Å². The standard InChI is InChI=1S/C12H12ClN3O2S/c1-16-12(14-7-15-16)19(17,18)11-6-5-8-9(11)3-2-4-10(8)13/h2-4,7,11H,5-6H2,1H3. The Morgan fingerprint density at radius 3 is 2.89 bits per heavy atom. The van der Waals surface area contributed by atoms with Gasteiger partial charge in [-0.15, -0.1) is 0 Å². The number of aromatic nitrogens is 3. The van der Waals surface area contributed by atoms with Gasteiger partial charge in [0.1, 0.15) is 6.33 Å². The summed E-state index contributed by atoms with van der Waals surface area (Å²) in [6, 6.07) is 5.40. The van der Waals surface area contributed by atoms with Gasteiger partial charge in [-0.1, -0.05) is 23.7 Å². The molecule has 19 heavy (non-hydrogen) atoms. The number of halogens is 1. The van der Waals surface area contributed by atoms with Crippen LogP contribution in [0.5, 0.6) is 0 Å². The largest absolute Gasteiger partial charge is 0.245 e. The van der Waals surface area contributed by atoms with Crippen LogP contribution in [0.15, 0.2) is 29.7 Å². The van der Waals surface area contributed by atoms with Crippen molar-refractivity contribution in [3.63, 3.8) is 0 Å². The van der Waals surface area contributed by atoms with Gasteiger partial charge in [0.15, 0.2) is 0 Å².